The maximum atomic E-state index is 12.0. The Bertz CT molecular complexity index is 1730. The van der Waals surface area contributed by atoms with E-state index in [1.54, 1.807) is 0 Å². The Morgan fingerprint density at radius 1 is 0.458 bits per heavy atom. The largest absolute Gasteiger partial charge is 0.394 e. The molecule has 30 atom stereocenters. The summed E-state index contributed by atoms with van der Waals surface area (Å²) in [5.41, 5.74) is 0. The summed E-state index contributed by atoms with van der Waals surface area (Å²) < 4.78 is 61.3. The molecule has 2 amide bonds. The van der Waals surface area contributed by atoms with Crippen LogP contribution in [0.4, 0.5) is 0 Å². The summed E-state index contributed by atoms with van der Waals surface area (Å²) in [6.07, 6.45) is -49.4. The first-order valence-corrected chi connectivity index (χ1v) is 23.0. The first-order chi connectivity index (χ1) is 33.9. The van der Waals surface area contributed by atoms with Crippen LogP contribution in [0, 0.1) is 0 Å². The number of aliphatic hydroxyl groups excluding tert-OH is 17. The molecule has 0 radical (unpaired) electrons. The highest BCUT2D eigenvalue weighted by molar-refractivity contribution is 5.73. The van der Waals surface area contributed by atoms with E-state index in [-0.39, 0.29) is 0 Å². The molecular formula is C40H68N2O30. The van der Waals surface area contributed by atoms with Crippen LogP contribution in [-0.2, 0) is 61.7 Å². The number of rotatable bonds is 18. The van der Waals surface area contributed by atoms with E-state index in [1.165, 1.54) is 6.92 Å². The molecule has 6 aliphatic heterocycles. The summed E-state index contributed by atoms with van der Waals surface area (Å²) in [6, 6.07) is -3.04. The van der Waals surface area contributed by atoms with Crippen LogP contribution < -0.4 is 10.6 Å². The number of hydrogen-bond acceptors (Lipinski definition) is 30. The summed E-state index contributed by atoms with van der Waals surface area (Å²) in [6.45, 7) is -0.716. The van der Waals surface area contributed by atoms with Gasteiger partial charge < -0.3 is 150 Å². The van der Waals surface area contributed by atoms with Crippen molar-refractivity contribution in [3.05, 3.63) is 0 Å². The van der Waals surface area contributed by atoms with Gasteiger partial charge in [-0.25, -0.2) is 0 Å². The van der Waals surface area contributed by atoms with Crippen LogP contribution in [0.15, 0.2) is 0 Å². The molecule has 32 nitrogen and oxygen atoms in total. The Balaban J connectivity index is 1.04. The smallest absolute Gasteiger partial charge is 0.217 e. The third-order valence-electron chi connectivity index (χ3n) is 13.1. The minimum absolute atomic E-state index is 0.691. The second kappa shape index (κ2) is 25.3. The van der Waals surface area contributed by atoms with Crippen LogP contribution in [0.25, 0.3) is 0 Å². The topological polar surface area (TPSA) is 504 Å². The third-order valence-corrected chi connectivity index (χ3v) is 13.1. The average molecular weight is 1060 g/mol. The van der Waals surface area contributed by atoms with Crippen LogP contribution in [0.5, 0.6) is 0 Å². The molecule has 6 heterocycles. The van der Waals surface area contributed by atoms with E-state index in [2.05, 4.69) is 10.6 Å². The van der Waals surface area contributed by atoms with E-state index in [0.717, 1.165) is 13.8 Å². The number of amides is 2. The van der Waals surface area contributed by atoms with Gasteiger partial charge in [-0.05, 0) is 6.92 Å². The lowest BCUT2D eigenvalue weighted by Gasteiger charge is -2.48. The Morgan fingerprint density at radius 2 is 0.931 bits per heavy atom. The van der Waals surface area contributed by atoms with Gasteiger partial charge in [0.1, 0.15) is 140 Å². The van der Waals surface area contributed by atoms with Crippen molar-refractivity contribution in [3.63, 3.8) is 0 Å². The molecule has 1 unspecified atom stereocenters. The molecule has 32 heteroatoms. The maximum Gasteiger partial charge on any atom is 0.217 e. The maximum absolute atomic E-state index is 12.0. The minimum atomic E-state index is -2.04. The van der Waals surface area contributed by atoms with Gasteiger partial charge >= 0.3 is 0 Å². The van der Waals surface area contributed by atoms with E-state index in [1.807, 2.05) is 0 Å². The molecule has 19 N–H and O–H groups in total. The van der Waals surface area contributed by atoms with Gasteiger partial charge in [0.15, 0.2) is 37.7 Å². The molecule has 0 saturated carbocycles. The van der Waals surface area contributed by atoms with Crippen LogP contribution >= 0.6 is 0 Å². The molecule has 0 aliphatic carbocycles. The van der Waals surface area contributed by atoms with E-state index in [9.17, 15) is 96.4 Å². The molecule has 6 rings (SSSR count). The first kappa shape index (κ1) is 59.1. The van der Waals surface area contributed by atoms with E-state index < -0.39 is 229 Å². The highest BCUT2D eigenvalue weighted by Gasteiger charge is 2.56. The van der Waals surface area contributed by atoms with Gasteiger partial charge in [0.25, 0.3) is 0 Å². The number of carbonyl (C=O) groups excluding carboxylic acids is 2. The molecule has 418 valence electrons. The van der Waals surface area contributed by atoms with Gasteiger partial charge in [-0.2, -0.15) is 0 Å². The SMILES string of the molecule is CC(=O)N[C@H]1[C@H](O[C@H]2[C@@H](O)[C@@H](CO)OC(O)[C@@H]2O)O[C@H](CO[C@@H]2O[C@@H]([C@H](O)CO[C@@H]3O[C@H](CO)[C@@H](O[C@H]4O[C@@H](C)[C@H](O)[C@@H](O[C@H]5O[C@H](CO)[C@H](O)[C@H](O)[C@H]5NC(C)=O)[C@H]4O)[C@H](O)[C@H]3O)[C@H](O)[C@H]2O)[C@H](O)[C@@H]1O. The monoisotopic (exact) mass is 1060 g/mol. The molecule has 6 aliphatic rings. The highest BCUT2D eigenvalue weighted by atomic mass is 16.8. The summed E-state index contributed by atoms with van der Waals surface area (Å²) in [7, 11) is 0. The fraction of sp³-hybridized carbons (Fsp3) is 0.950. The predicted octanol–water partition coefficient (Wildman–Crippen LogP) is -12.8. The predicted molar refractivity (Wildman–Crippen MR) is 221 cm³/mol. The van der Waals surface area contributed by atoms with Crippen LogP contribution in [0.1, 0.15) is 20.8 Å². The second-order valence-electron chi connectivity index (χ2n) is 18.3. The minimum Gasteiger partial charge on any atom is -0.394 e. The third kappa shape index (κ3) is 12.8. The molecule has 6 saturated heterocycles. The fourth-order valence-corrected chi connectivity index (χ4v) is 9.09. The summed E-state index contributed by atoms with van der Waals surface area (Å²) in [5.74, 6) is -1.43. The zero-order valence-corrected chi connectivity index (χ0v) is 38.8. The highest BCUT2D eigenvalue weighted by Crippen LogP contribution is 2.35. The van der Waals surface area contributed by atoms with Crippen molar-refractivity contribution < 1.29 is 149 Å². The number of hydrogen-bond donors (Lipinski definition) is 19. The normalized spacial score (nSPS) is 49.5. The standard InChI is InChI=1S/C40H68N2O30/c1-9-19(49)33(71-36-17(41-10(2)46)23(53)20(50)13(4-43)66-36)30(60)40(64-9)70-32-15(6-45)67-38(28(58)26(32)56)62-7-12(48)31-25(55)27(57)39(69-31)63-8-16-21(51)24(54)18(42-11(3)47)37(68-16)72-34-22(52)14(5-44)65-35(61)29(34)59/h9,12-40,43-45,48-61H,4-8H2,1-3H3,(H,41,46)(H,42,47)/t9-,12+,13+,14+,15+,16+,17+,18+,19-,20-,21-,22-,23+,24+,25+,26+,27+,28+,29+,30+,31-,32+,33+,34-,35?,36+,37-,38+,39+,40+/m0/s1. The van der Waals surface area contributed by atoms with Crippen molar-refractivity contribution in [2.24, 2.45) is 0 Å². The van der Waals surface area contributed by atoms with E-state index in [4.69, 9.17) is 52.1 Å². The zero-order chi connectivity index (χ0) is 53.2. The molecule has 0 spiro atoms. The number of ether oxygens (including phenoxy) is 11. The van der Waals surface area contributed by atoms with Crippen molar-refractivity contribution in [2.45, 2.75) is 205 Å². The molecule has 0 aromatic carbocycles. The van der Waals surface area contributed by atoms with Crippen LogP contribution in [0.2, 0.25) is 0 Å². The van der Waals surface area contributed by atoms with Gasteiger partial charge in [-0.15, -0.1) is 0 Å². The van der Waals surface area contributed by atoms with E-state index in [0.29, 0.717) is 0 Å². The molecule has 0 bridgehead atoms. The van der Waals surface area contributed by atoms with Crippen molar-refractivity contribution in [1.82, 2.24) is 10.6 Å². The van der Waals surface area contributed by atoms with Crippen LogP contribution in [0.3, 0.4) is 0 Å². The van der Waals surface area contributed by atoms with Gasteiger partial charge in [0.05, 0.1) is 39.1 Å². The average Bonchev–Trinajstić information content (AvgIpc) is 3.62. The molecule has 0 aromatic rings. The lowest BCUT2D eigenvalue weighted by Crippen LogP contribution is -2.68. The van der Waals surface area contributed by atoms with Gasteiger partial charge in [-0.1, -0.05) is 0 Å². The van der Waals surface area contributed by atoms with Crippen LogP contribution in [-0.4, -0.2) is 316 Å². The van der Waals surface area contributed by atoms with Crippen molar-refractivity contribution in [2.75, 3.05) is 33.0 Å². The lowest BCUT2D eigenvalue weighted by atomic mass is 9.95. The molecule has 0 aromatic heterocycles. The zero-order valence-electron chi connectivity index (χ0n) is 38.8. The molecular weight excluding hydrogens is 988 g/mol. The molecule has 6 fully saturated rings. The number of aliphatic hydroxyl groups is 17. The Kier molecular flexibility index (Phi) is 20.8. The Labute approximate surface area is 408 Å². The van der Waals surface area contributed by atoms with E-state index >= 15 is 0 Å². The number of nitrogens with one attached hydrogen (secondary N) is 2. The van der Waals surface area contributed by atoms with Crippen molar-refractivity contribution in [1.29, 1.82) is 0 Å². The fourth-order valence-electron chi connectivity index (χ4n) is 9.09. The van der Waals surface area contributed by atoms with Gasteiger partial charge in [-0.3, -0.25) is 9.59 Å². The van der Waals surface area contributed by atoms with Crippen molar-refractivity contribution in [3.8, 4) is 0 Å². The second-order valence-corrected chi connectivity index (χ2v) is 18.3. The quantitative estimate of drug-likeness (QED) is 0.0606. The Hall–Kier alpha value is -2.18. The molecule has 72 heavy (non-hydrogen) atoms. The Morgan fingerprint density at radius 3 is 1.49 bits per heavy atom. The number of carbonyl (C=O) groups is 2. The van der Waals surface area contributed by atoms with Gasteiger partial charge in [0.2, 0.25) is 11.8 Å². The summed E-state index contributed by atoms with van der Waals surface area (Å²) in [4.78, 5) is 23.9. The summed E-state index contributed by atoms with van der Waals surface area (Å²) in [5, 5.41) is 186. The lowest BCUT2D eigenvalue weighted by molar-refractivity contribution is -0.373. The van der Waals surface area contributed by atoms with Crippen molar-refractivity contribution >= 4 is 11.8 Å². The first-order valence-electron chi connectivity index (χ1n) is 23.0. The van der Waals surface area contributed by atoms with Gasteiger partial charge in [0, 0.05) is 13.8 Å². The summed E-state index contributed by atoms with van der Waals surface area (Å²) >= 11 is 0.